The van der Waals surface area contributed by atoms with E-state index in [-0.39, 0.29) is 0 Å². The van der Waals surface area contributed by atoms with Crippen molar-refractivity contribution in [3.8, 4) is 0 Å². The summed E-state index contributed by atoms with van der Waals surface area (Å²) in [5.74, 6) is 0. The fourth-order valence-corrected chi connectivity index (χ4v) is 1.45. The molecule has 0 spiro atoms. The minimum absolute atomic E-state index is 0.653. The van der Waals surface area contributed by atoms with Crippen molar-refractivity contribution in [1.29, 1.82) is 0 Å². The molecule has 0 amide bonds. The molecule has 2 aliphatic rings. The summed E-state index contributed by atoms with van der Waals surface area (Å²) in [6.45, 7) is 2.10. The molecule has 56 valence electrons. The van der Waals surface area contributed by atoms with Crippen LogP contribution in [0.3, 0.4) is 0 Å². The third-order valence-corrected chi connectivity index (χ3v) is 2.23. The normalized spacial score (nSPS) is 32.0. The van der Waals surface area contributed by atoms with Gasteiger partial charge in [0.05, 0.1) is 12.9 Å². The van der Waals surface area contributed by atoms with E-state index in [4.69, 9.17) is 4.74 Å². The molecule has 1 N–H and O–H groups in total. The van der Waals surface area contributed by atoms with Crippen molar-refractivity contribution in [1.82, 2.24) is 5.32 Å². The molecule has 2 heterocycles. The molecule has 10 heavy (non-hydrogen) atoms. The first kappa shape index (κ1) is 6.23. The van der Waals surface area contributed by atoms with Crippen molar-refractivity contribution in [2.45, 2.75) is 25.3 Å². The summed E-state index contributed by atoms with van der Waals surface area (Å²) in [5, 5.41) is 3.37. The summed E-state index contributed by atoms with van der Waals surface area (Å²) in [5.41, 5.74) is 1.47. The Morgan fingerprint density at radius 3 is 3.00 bits per heavy atom. The van der Waals surface area contributed by atoms with Crippen LogP contribution in [0.25, 0.3) is 0 Å². The number of ether oxygens (including phenoxy) is 1. The van der Waals surface area contributed by atoms with E-state index >= 15 is 0 Å². The van der Waals surface area contributed by atoms with E-state index in [9.17, 15) is 0 Å². The van der Waals surface area contributed by atoms with E-state index in [1.807, 2.05) is 6.26 Å². The highest BCUT2D eigenvalue weighted by molar-refractivity contribution is 5.13. The number of nitrogens with one attached hydrogen (secondary N) is 1. The van der Waals surface area contributed by atoms with E-state index in [1.54, 1.807) is 0 Å². The Bertz CT molecular complexity index is 149. The van der Waals surface area contributed by atoms with Crippen molar-refractivity contribution in [3.05, 3.63) is 11.8 Å². The number of hydrogen-bond donors (Lipinski definition) is 1. The Hall–Kier alpha value is -0.500. The van der Waals surface area contributed by atoms with Gasteiger partial charge >= 0.3 is 0 Å². The lowest BCUT2D eigenvalue weighted by atomic mass is 9.95. The Morgan fingerprint density at radius 2 is 2.50 bits per heavy atom. The number of hydrogen-bond acceptors (Lipinski definition) is 2. The zero-order valence-corrected chi connectivity index (χ0v) is 6.10. The average molecular weight is 139 g/mol. The van der Waals surface area contributed by atoms with Crippen LogP contribution >= 0.6 is 0 Å². The standard InChI is InChI=1S/C8H13NO/c1-2-7(6-10-5-1)8-3-4-9-8/h6,8-9H,1-5H2. The molecule has 1 saturated heterocycles. The largest absolute Gasteiger partial charge is 0.501 e. The van der Waals surface area contributed by atoms with E-state index in [0.29, 0.717) is 6.04 Å². The third kappa shape index (κ3) is 1.03. The van der Waals surface area contributed by atoms with Crippen molar-refractivity contribution >= 4 is 0 Å². The molecular formula is C8H13NO. The minimum Gasteiger partial charge on any atom is -0.501 e. The van der Waals surface area contributed by atoms with Crippen molar-refractivity contribution in [2.75, 3.05) is 13.2 Å². The van der Waals surface area contributed by atoms with Crippen molar-refractivity contribution in [2.24, 2.45) is 0 Å². The van der Waals surface area contributed by atoms with Gasteiger partial charge in [0.2, 0.25) is 0 Å². The lowest BCUT2D eigenvalue weighted by Gasteiger charge is -2.31. The van der Waals surface area contributed by atoms with Crippen LogP contribution in [-0.4, -0.2) is 19.2 Å². The summed E-state index contributed by atoms with van der Waals surface area (Å²) < 4.78 is 5.24. The zero-order valence-electron chi connectivity index (χ0n) is 6.10. The summed E-state index contributed by atoms with van der Waals surface area (Å²) in [6, 6.07) is 0.653. The van der Waals surface area contributed by atoms with Crippen LogP contribution in [0.2, 0.25) is 0 Å². The molecule has 2 nitrogen and oxygen atoms in total. The summed E-state index contributed by atoms with van der Waals surface area (Å²) >= 11 is 0. The lowest BCUT2D eigenvalue weighted by Crippen LogP contribution is -2.44. The van der Waals surface area contributed by atoms with E-state index in [1.165, 1.54) is 31.4 Å². The van der Waals surface area contributed by atoms with E-state index in [2.05, 4.69) is 5.32 Å². The maximum Gasteiger partial charge on any atom is 0.0876 e. The monoisotopic (exact) mass is 139 g/mol. The summed E-state index contributed by atoms with van der Waals surface area (Å²) in [7, 11) is 0. The van der Waals surface area contributed by atoms with Gasteiger partial charge in [-0.2, -0.15) is 0 Å². The van der Waals surface area contributed by atoms with Gasteiger partial charge in [-0.05, 0) is 31.4 Å². The SMILES string of the molecule is C1=C(C2CCN2)CCCO1. The molecule has 1 atom stereocenters. The van der Waals surface area contributed by atoms with Crippen molar-refractivity contribution in [3.63, 3.8) is 0 Å². The Morgan fingerprint density at radius 1 is 1.60 bits per heavy atom. The molecule has 0 bridgehead atoms. The molecular weight excluding hydrogens is 126 g/mol. The molecule has 1 fully saturated rings. The van der Waals surface area contributed by atoms with Gasteiger partial charge < -0.3 is 10.1 Å². The van der Waals surface area contributed by atoms with E-state index < -0.39 is 0 Å². The predicted molar refractivity (Wildman–Crippen MR) is 39.7 cm³/mol. The number of rotatable bonds is 1. The second-order valence-corrected chi connectivity index (χ2v) is 2.96. The molecule has 0 aromatic rings. The molecule has 0 radical (unpaired) electrons. The minimum atomic E-state index is 0.653. The van der Waals surface area contributed by atoms with Gasteiger partial charge in [0.25, 0.3) is 0 Å². The van der Waals surface area contributed by atoms with E-state index in [0.717, 1.165) is 6.61 Å². The quantitative estimate of drug-likeness (QED) is 0.586. The highest BCUT2D eigenvalue weighted by atomic mass is 16.5. The van der Waals surface area contributed by atoms with Crippen LogP contribution in [0, 0.1) is 0 Å². The molecule has 2 rings (SSSR count). The second kappa shape index (κ2) is 2.62. The first-order chi connectivity index (χ1) is 4.97. The van der Waals surface area contributed by atoms with Crippen LogP contribution in [-0.2, 0) is 4.74 Å². The molecule has 0 aliphatic carbocycles. The van der Waals surface area contributed by atoms with Gasteiger partial charge in [0.15, 0.2) is 0 Å². The van der Waals surface area contributed by atoms with Crippen LogP contribution in [0.4, 0.5) is 0 Å². The fraction of sp³-hybridized carbons (Fsp3) is 0.750. The summed E-state index contributed by atoms with van der Waals surface area (Å²) in [6.07, 6.45) is 5.68. The average Bonchev–Trinajstić information content (AvgIpc) is 1.86. The zero-order chi connectivity index (χ0) is 6.81. The first-order valence-electron chi connectivity index (χ1n) is 4.01. The Labute approximate surface area is 61.3 Å². The molecule has 1 unspecified atom stereocenters. The van der Waals surface area contributed by atoms with Crippen LogP contribution in [0.5, 0.6) is 0 Å². The topological polar surface area (TPSA) is 21.3 Å². The highest BCUT2D eigenvalue weighted by Crippen LogP contribution is 2.20. The molecule has 2 heteroatoms. The Kier molecular flexibility index (Phi) is 1.63. The predicted octanol–water partition coefficient (Wildman–Crippen LogP) is 1.04. The molecule has 0 aromatic carbocycles. The maximum atomic E-state index is 5.24. The smallest absolute Gasteiger partial charge is 0.0876 e. The van der Waals surface area contributed by atoms with Gasteiger partial charge in [0, 0.05) is 6.04 Å². The van der Waals surface area contributed by atoms with Crippen LogP contribution in [0.15, 0.2) is 11.8 Å². The van der Waals surface area contributed by atoms with Gasteiger partial charge in [-0.15, -0.1) is 0 Å². The summed E-state index contributed by atoms with van der Waals surface area (Å²) in [4.78, 5) is 0. The van der Waals surface area contributed by atoms with Crippen LogP contribution < -0.4 is 5.32 Å². The fourth-order valence-electron chi connectivity index (χ4n) is 1.45. The second-order valence-electron chi connectivity index (χ2n) is 2.96. The van der Waals surface area contributed by atoms with Crippen LogP contribution in [0.1, 0.15) is 19.3 Å². The van der Waals surface area contributed by atoms with Gasteiger partial charge in [-0.25, -0.2) is 0 Å². The van der Waals surface area contributed by atoms with Gasteiger partial charge in [0.1, 0.15) is 0 Å². The molecule has 2 aliphatic heterocycles. The van der Waals surface area contributed by atoms with Gasteiger partial charge in [-0.3, -0.25) is 0 Å². The van der Waals surface area contributed by atoms with Gasteiger partial charge in [-0.1, -0.05) is 0 Å². The first-order valence-corrected chi connectivity index (χ1v) is 4.01. The molecule has 0 aromatic heterocycles. The van der Waals surface area contributed by atoms with Crippen molar-refractivity contribution < 1.29 is 4.74 Å². The highest BCUT2D eigenvalue weighted by Gasteiger charge is 2.21. The lowest BCUT2D eigenvalue weighted by molar-refractivity contribution is 0.214. The third-order valence-electron chi connectivity index (χ3n) is 2.23. The Balaban J connectivity index is 1.94. The molecule has 0 saturated carbocycles. The maximum absolute atomic E-state index is 5.24.